The molecule has 0 saturated heterocycles. The Bertz CT molecular complexity index is 346. The summed E-state index contributed by atoms with van der Waals surface area (Å²) >= 11 is 0. The summed E-state index contributed by atoms with van der Waals surface area (Å²) in [5, 5.41) is 0. The van der Waals surface area contributed by atoms with E-state index in [0.29, 0.717) is 12.3 Å². The van der Waals surface area contributed by atoms with Crippen LogP contribution in [0.4, 0.5) is 13.2 Å². The minimum atomic E-state index is -4.40. The van der Waals surface area contributed by atoms with Gasteiger partial charge in [0, 0.05) is 12.0 Å². The van der Waals surface area contributed by atoms with Gasteiger partial charge in [0.05, 0.1) is 0 Å². The van der Waals surface area contributed by atoms with Crippen LogP contribution in [0.3, 0.4) is 0 Å². The summed E-state index contributed by atoms with van der Waals surface area (Å²) in [6.45, 7) is 0.345. The average molecular weight is 219 g/mol. The van der Waals surface area contributed by atoms with Gasteiger partial charge in [0.2, 0.25) is 5.76 Å². The van der Waals surface area contributed by atoms with Gasteiger partial charge in [0.15, 0.2) is 0 Å². The maximum Gasteiger partial charge on any atom is 0.449 e. The van der Waals surface area contributed by atoms with E-state index >= 15 is 0 Å². The molecule has 5 heteroatoms. The number of hydrogen-bond donors (Lipinski definition) is 1. The van der Waals surface area contributed by atoms with Gasteiger partial charge in [0.1, 0.15) is 5.76 Å². The second-order valence-corrected chi connectivity index (χ2v) is 4.00. The Balaban J connectivity index is 2.27. The van der Waals surface area contributed by atoms with Crippen LogP contribution in [0.1, 0.15) is 30.8 Å². The first-order chi connectivity index (χ1) is 6.98. The molecule has 0 amide bonds. The third kappa shape index (κ3) is 1.65. The summed E-state index contributed by atoms with van der Waals surface area (Å²) in [5.41, 5.74) is 5.23. The highest BCUT2D eigenvalue weighted by atomic mass is 19.4. The minimum absolute atomic E-state index is 0.344. The summed E-state index contributed by atoms with van der Waals surface area (Å²) < 4.78 is 41.7. The molecule has 0 bridgehead atoms. The van der Waals surface area contributed by atoms with Crippen molar-refractivity contribution >= 4 is 0 Å². The molecule has 1 aliphatic carbocycles. The van der Waals surface area contributed by atoms with E-state index in [4.69, 9.17) is 10.2 Å². The fourth-order valence-corrected chi connectivity index (χ4v) is 1.93. The van der Waals surface area contributed by atoms with Gasteiger partial charge in [-0.3, -0.25) is 0 Å². The van der Waals surface area contributed by atoms with Gasteiger partial charge in [-0.15, -0.1) is 0 Å². The molecule has 0 aliphatic heterocycles. The molecule has 2 rings (SSSR count). The Hall–Kier alpha value is -0.970. The van der Waals surface area contributed by atoms with Crippen LogP contribution in [-0.4, -0.2) is 6.54 Å². The maximum absolute atomic E-state index is 12.3. The van der Waals surface area contributed by atoms with E-state index < -0.39 is 11.9 Å². The summed E-state index contributed by atoms with van der Waals surface area (Å²) in [7, 11) is 0. The van der Waals surface area contributed by atoms with Gasteiger partial charge < -0.3 is 10.2 Å². The van der Waals surface area contributed by atoms with Gasteiger partial charge in [-0.2, -0.15) is 13.2 Å². The zero-order valence-electron chi connectivity index (χ0n) is 8.10. The molecule has 84 valence electrons. The van der Waals surface area contributed by atoms with Crippen molar-refractivity contribution in [2.24, 2.45) is 5.73 Å². The Morgan fingerprint density at radius 1 is 1.33 bits per heavy atom. The number of nitrogens with two attached hydrogens (primary N) is 1. The van der Waals surface area contributed by atoms with Crippen molar-refractivity contribution < 1.29 is 17.6 Å². The molecule has 1 aliphatic rings. The first-order valence-corrected chi connectivity index (χ1v) is 4.85. The summed E-state index contributed by atoms with van der Waals surface area (Å²) in [6.07, 6.45) is -1.78. The highest BCUT2D eigenvalue weighted by Gasteiger charge is 2.42. The van der Waals surface area contributed by atoms with E-state index in [-0.39, 0.29) is 5.41 Å². The van der Waals surface area contributed by atoms with Crippen LogP contribution < -0.4 is 5.73 Å². The fourth-order valence-electron chi connectivity index (χ4n) is 1.93. The fraction of sp³-hybridized carbons (Fsp3) is 0.600. The van der Waals surface area contributed by atoms with Crippen LogP contribution in [0, 0.1) is 0 Å². The first-order valence-electron chi connectivity index (χ1n) is 4.85. The Labute approximate surface area is 85.2 Å². The molecule has 0 radical (unpaired) electrons. The maximum atomic E-state index is 12.3. The molecule has 1 aromatic heterocycles. The minimum Gasteiger partial charge on any atom is -0.456 e. The second-order valence-electron chi connectivity index (χ2n) is 4.00. The van der Waals surface area contributed by atoms with E-state index in [9.17, 15) is 13.2 Å². The molecule has 2 nitrogen and oxygen atoms in total. The Kier molecular flexibility index (Phi) is 2.30. The Morgan fingerprint density at radius 3 is 2.33 bits per heavy atom. The van der Waals surface area contributed by atoms with Crippen molar-refractivity contribution in [2.75, 3.05) is 6.54 Å². The summed E-state index contributed by atoms with van der Waals surface area (Å²) in [5.74, 6) is -0.555. The number of rotatable bonds is 2. The van der Waals surface area contributed by atoms with Gasteiger partial charge in [-0.1, -0.05) is 6.42 Å². The molecule has 15 heavy (non-hydrogen) atoms. The third-order valence-corrected chi connectivity index (χ3v) is 3.11. The zero-order chi connectivity index (χ0) is 11.1. The summed E-state index contributed by atoms with van der Waals surface area (Å²) in [6, 6.07) is 2.37. The average Bonchev–Trinajstić information content (AvgIpc) is 2.51. The molecule has 1 saturated carbocycles. The molecule has 2 N–H and O–H groups in total. The predicted octanol–water partition coefficient (Wildman–Crippen LogP) is 2.68. The zero-order valence-corrected chi connectivity index (χ0v) is 8.10. The van der Waals surface area contributed by atoms with Crippen LogP contribution in [0.2, 0.25) is 0 Å². The molecule has 0 spiro atoms. The van der Waals surface area contributed by atoms with Gasteiger partial charge in [-0.05, 0) is 25.0 Å². The molecular weight excluding hydrogens is 207 g/mol. The quantitative estimate of drug-likeness (QED) is 0.830. The highest BCUT2D eigenvalue weighted by molar-refractivity contribution is 5.22. The van der Waals surface area contributed by atoms with Crippen LogP contribution in [0.25, 0.3) is 0 Å². The molecule has 0 aromatic carbocycles. The third-order valence-electron chi connectivity index (χ3n) is 3.11. The van der Waals surface area contributed by atoms with Crippen LogP contribution in [-0.2, 0) is 11.6 Å². The van der Waals surface area contributed by atoms with E-state index in [1.165, 1.54) is 6.07 Å². The Morgan fingerprint density at radius 2 is 2.00 bits per heavy atom. The lowest BCUT2D eigenvalue weighted by molar-refractivity contribution is -0.154. The number of halogens is 3. The number of hydrogen-bond acceptors (Lipinski definition) is 2. The normalized spacial score (nSPS) is 20.0. The summed E-state index contributed by atoms with van der Waals surface area (Å²) in [4.78, 5) is 0. The van der Waals surface area contributed by atoms with Gasteiger partial charge in [0.25, 0.3) is 0 Å². The van der Waals surface area contributed by atoms with Gasteiger partial charge in [-0.25, -0.2) is 0 Å². The molecule has 1 aromatic rings. The molecule has 0 unspecified atom stereocenters. The van der Waals surface area contributed by atoms with Crippen LogP contribution >= 0.6 is 0 Å². The largest absolute Gasteiger partial charge is 0.456 e. The highest BCUT2D eigenvalue weighted by Crippen LogP contribution is 2.44. The topological polar surface area (TPSA) is 39.2 Å². The molecule has 0 atom stereocenters. The van der Waals surface area contributed by atoms with Crippen molar-refractivity contribution in [1.29, 1.82) is 0 Å². The smallest absolute Gasteiger partial charge is 0.449 e. The lowest BCUT2D eigenvalue weighted by atomic mass is 9.67. The number of furan rings is 1. The standard InChI is InChI=1S/C10H12F3NO/c11-10(12,13)8-3-2-7(15-8)9(6-14)4-1-5-9/h2-3H,1,4-6,14H2. The van der Waals surface area contributed by atoms with Crippen molar-refractivity contribution in [3.63, 3.8) is 0 Å². The number of alkyl halides is 3. The molecular formula is C10H12F3NO. The van der Waals surface area contributed by atoms with Crippen molar-refractivity contribution in [3.05, 3.63) is 23.7 Å². The molecule has 1 fully saturated rings. The van der Waals surface area contributed by atoms with E-state index in [0.717, 1.165) is 25.3 Å². The van der Waals surface area contributed by atoms with E-state index in [2.05, 4.69) is 0 Å². The SMILES string of the molecule is NCC1(c2ccc(C(F)(F)F)o2)CCC1. The van der Waals surface area contributed by atoms with Crippen LogP contribution in [0.15, 0.2) is 16.5 Å². The predicted molar refractivity (Wildman–Crippen MR) is 48.3 cm³/mol. The van der Waals surface area contributed by atoms with Crippen molar-refractivity contribution in [1.82, 2.24) is 0 Å². The van der Waals surface area contributed by atoms with Crippen molar-refractivity contribution in [3.8, 4) is 0 Å². The lowest BCUT2D eigenvalue weighted by Gasteiger charge is -2.38. The van der Waals surface area contributed by atoms with E-state index in [1.54, 1.807) is 0 Å². The van der Waals surface area contributed by atoms with Crippen LogP contribution in [0.5, 0.6) is 0 Å². The van der Waals surface area contributed by atoms with E-state index in [1.807, 2.05) is 0 Å². The lowest BCUT2D eigenvalue weighted by Crippen LogP contribution is -2.41. The molecule has 1 heterocycles. The monoisotopic (exact) mass is 219 g/mol. The second kappa shape index (κ2) is 3.27. The van der Waals surface area contributed by atoms with Gasteiger partial charge >= 0.3 is 6.18 Å². The van der Waals surface area contributed by atoms with Crippen molar-refractivity contribution in [2.45, 2.75) is 30.9 Å². The first kappa shape index (κ1) is 10.5.